The minimum absolute atomic E-state index is 0.153. The molecule has 2 aliphatic rings. The number of furan rings is 1. The highest BCUT2D eigenvalue weighted by atomic mass is 35.5. The number of carbonyl (C=O) groups is 2. The second-order valence-electron chi connectivity index (χ2n) is 6.95. The molecule has 0 atom stereocenters. The van der Waals surface area contributed by atoms with Gasteiger partial charge in [-0.2, -0.15) is 0 Å². The molecule has 2 aromatic rings. The van der Waals surface area contributed by atoms with Gasteiger partial charge in [0, 0.05) is 44.3 Å². The topological polar surface area (TPSA) is 78.3 Å². The van der Waals surface area contributed by atoms with E-state index in [0.29, 0.717) is 55.9 Å². The molecular formula is C20H23ClN4O4. The molecule has 29 heavy (non-hydrogen) atoms. The van der Waals surface area contributed by atoms with Crippen molar-refractivity contribution in [2.75, 3.05) is 62.7 Å². The van der Waals surface area contributed by atoms with Crippen LogP contribution in [-0.2, 0) is 4.74 Å². The van der Waals surface area contributed by atoms with Gasteiger partial charge in [-0.1, -0.05) is 11.6 Å². The second kappa shape index (κ2) is 8.75. The molecule has 2 saturated heterocycles. The number of carbonyl (C=O) groups excluding carboxylic acids is 2. The summed E-state index contributed by atoms with van der Waals surface area (Å²) in [6, 6.07) is 8.64. The summed E-state index contributed by atoms with van der Waals surface area (Å²) in [6.07, 6.45) is 1.48. The average molecular weight is 419 g/mol. The van der Waals surface area contributed by atoms with Crippen molar-refractivity contribution in [3.63, 3.8) is 0 Å². The molecule has 1 N–H and O–H groups in total. The maximum absolute atomic E-state index is 12.8. The number of nitrogens with one attached hydrogen (secondary N) is 1. The molecule has 0 aliphatic carbocycles. The zero-order valence-electron chi connectivity index (χ0n) is 16.0. The minimum atomic E-state index is -0.202. The number of nitrogens with zero attached hydrogens (tertiary/aromatic N) is 3. The van der Waals surface area contributed by atoms with Gasteiger partial charge < -0.3 is 29.2 Å². The molecule has 1 aromatic carbocycles. The molecule has 3 heterocycles. The average Bonchev–Trinajstić information content (AvgIpc) is 3.29. The lowest BCUT2D eigenvalue weighted by atomic mass is 10.2. The van der Waals surface area contributed by atoms with Gasteiger partial charge in [0.1, 0.15) is 0 Å². The van der Waals surface area contributed by atoms with Crippen LogP contribution in [0.2, 0.25) is 5.02 Å². The summed E-state index contributed by atoms with van der Waals surface area (Å²) in [7, 11) is 0. The van der Waals surface area contributed by atoms with Crippen molar-refractivity contribution in [1.82, 2.24) is 9.80 Å². The Morgan fingerprint density at radius 2 is 1.69 bits per heavy atom. The van der Waals surface area contributed by atoms with Gasteiger partial charge in [0.15, 0.2) is 5.76 Å². The fraction of sp³-hybridized carbons (Fsp3) is 0.400. The third-order valence-corrected chi connectivity index (χ3v) is 5.37. The molecular weight excluding hydrogens is 396 g/mol. The number of ether oxygens (including phenoxy) is 1. The van der Waals surface area contributed by atoms with Crippen LogP contribution in [0.15, 0.2) is 41.0 Å². The van der Waals surface area contributed by atoms with Crippen LogP contribution in [0.1, 0.15) is 10.6 Å². The number of halogens is 1. The van der Waals surface area contributed by atoms with Crippen LogP contribution >= 0.6 is 11.6 Å². The van der Waals surface area contributed by atoms with E-state index >= 15 is 0 Å². The van der Waals surface area contributed by atoms with Crippen LogP contribution in [-0.4, -0.2) is 74.2 Å². The van der Waals surface area contributed by atoms with E-state index < -0.39 is 0 Å². The van der Waals surface area contributed by atoms with Crippen molar-refractivity contribution in [2.45, 2.75) is 0 Å². The molecule has 154 valence electrons. The number of benzene rings is 1. The lowest BCUT2D eigenvalue weighted by Gasteiger charge is -2.35. The largest absolute Gasteiger partial charge is 0.459 e. The maximum Gasteiger partial charge on any atom is 0.322 e. The van der Waals surface area contributed by atoms with Crippen molar-refractivity contribution in [3.05, 3.63) is 47.4 Å². The number of hydrogen-bond donors (Lipinski definition) is 1. The number of rotatable bonds is 3. The van der Waals surface area contributed by atoms with E-state index in [1.807, 2.05) is 12.1 Å². The summed E-state index contributed by atoms with van der Waals surface area (Å²) in [4.78, 5) is 30.8. The summed E-state index contributed by atoms with van der Waals surface area (Å²) in [5, 5.41) is 3.55. The van der Waals surface area contributed by atoms with Crippen molar-refractivity contribution in [3.8, 4) is 0 Å². The molecule has 0 unspecified atom stereocenters. The van der Waals surface area contributed by atoms with Gasteiger partial charge in [-0.15, -0.1) is 0 Å². The first-order chi connectivity index (χ1) is 14.1. The molecule has 0 saturated carbocycles. The molecule has 0 bridgehead atoms. The fourth-order valence-electron chi connectivity index (χ4n) is 3.55. The van der Waals surface area contributed by atoms with Gasteiger partial charge in [0.2, 0.25) is 0 Å². The van der Waals surface area contributed by atoms with E-state index in [1.165, 1.54) is 6.26 Å². The molecule has 9 heteroatoms. The van der Waals surface area contributed by atoms with Crippen molar-refractivity contribution in [1.29, 1.82) is 0 Å². The third-order valence-electron chi connectivity index (χ3n) is 5.14. The Labute approximate surface area is 173 Å². The molecule has 2 aliphatic heterocycles. The molecule has 1 aromatic heterocycles. The molecule has 0 spiro atoms. The highest BCUT2D eigenvalue weighted by Crippen LogP contribution is 2.30. The van der Waals surface area contributed by atoms with Crippen molar-refractivity contribution in [2.24, 2.45) is 0 Å². The summed E-state index contributed by atoms with van der Waals surface area (Å²) >= 11 is 6.17. The van der Waals surface area contributed by atoms with E-state index in [0.717, 1.165) is 18.8 Å². The minimum Gasteiger partial charge on any atom is -0.459 e. The molecule has 4 rings (SSSR count). The lowest BCUT2D eigenvalue weighted by Crippen LogP contribution is -2.51. The van der Waals surface area contributed by atoms with Gasteiger partial charge in [-0.25, -0.2) is 4.79 Å². The quantitative estimate of drug-likeness (QED) is 0.829. The van der Waals surface area contributed by atoms with E-state index in [4.69, 9.17) is 20.8 Å². The number of piperazine rings is 1. The van der Waals surface area contributed by atoms with E-state index in [9.17, 15) is 9.59 Å². The third kappa shape index (κ3) is 4.49. The number of anilines is 2. The van der Waals surface area contributed by atoms with Crippen molar-refractivity contribution >= 4 is 34.9 Å². The van der Waals surface area contributed by atoms with Crippen LogP contribution in [0.25, 0.3) is 0 Å². The van der Waals surface area contributed by atoms with Gasteiger partial charge in [0.05, 0.1) is 30.9 Å². The second-order valence-corrected chi connectivity index (χ2v) is 7.38. The zero-order chi connectivity index (χ0) is 20.2. The Bertz CT molecular complexity index is 859. The Hall–Kier alpha value is -2.71. The molecule has 3 amide bonds. The smallest absolute Gasteiger partial charge is 0.322 e. The Kier molecular flexibility index (Phi) is 5.92. The molecule has 8 nitrogen and oxygen atoms in total. The van der Waals surface area contributed by atoms with Gasteiger partial charge >= 0.3 is 6.03 Å². The van der Waals surface area contributed by atoms with Crippen LogP contribution in [0, 0.1) is 0 Å². The van der Waals surface area contributed by atoms with Crippen LogP contribution in [0.4, 0.5) is 16.2 Å². The van der Waals surface area contributed by atoms with Gasteiger partial charge in [-0.3, -0.25) is 4.79 Å². The Balaban J connectivity index is 1.39. The first-order valence-electron chi connectivity index (χ1n) is 9.63. The van der Waals surface area contributed by atoms with E-state index in [-0.39, 0.29) is 11.9 Å². The predicted octanol–water partition coefficient (Wildman–Crippen LogP) is 2.76. The normalized spacial score (nSPS) is 17.3. The summed E-state index contributed by atoms with van der Waals surface area (Å²) in [5.74, 6) is 0.163. The Morgan fingerprint density at radius 1 is 0.966 bits per heavy atom. The first kappa shape index (κ1) is 19.6. The standard InChI is InChI=1S/C20H23ClN4O4/c21-15-3-4-17(23-9-12-28-13-10-23)16(14-15)22-20(27)25-7-5-24(6-8-25)19(26)18-2-1-11-29-18/h1-4,11,14H,5-10,12-13H2,(H,22,27). The first-order valence-corrected chi connectivity index (χ1v) is 10.0. The monoisotopic (exact) mass is 418 g/mol. The lowest BCUT2D eigenvalue weighted by molar-refractivity contribution is 0.0640. The molecule has 0 radical (unpaired) electrons. The van der Waals surface area contributed by atoms with E-state index in [1.54, 1.807) is 28.0 Å². The zero-order valence-corrected chi connectivity index (χ0v) is 16.7. The van der Waals surface area contributed by atoms with Crippen LogP contribution in [0.3, 0.4) is 0 Å². The number of amides is 3. The SMILES string of the molecule is O=C(Nc1cc(Cl)ccc1N1CCOCC1)N1CCN(C(=O)c2ccco2)CC1. The Morgan fingerprint density at radius 3 is 2.38 bits per heavy atom. The summed E-state index contributed by atoms with van der Waals surface area (Å²) in [6.45, 7) is 4.65. The predicted molar refractivity (Wildman–Crippen MR) is 110 cm³/mol. The van der Waals surface area contributed by atoms with E-state index in [2.05, 4.69) is 10.2 Å². The van der Waals surface area contributed by atoms with Gasteiger partial charge in [-0.05, 0) is 30.3 Å². The summed E-state index contributed by atoms with van der Waals surface area (Å²) in [5.41, 5.74) is 1.61. The van der Waals surface area contributed by atoms with Crippen molar-refractivity contribution < 1.29 is 18.7 Å². The number of hydrogen-bond acceptors (Lipinski definition) is 5. The van der Waals surface area contributed by atoms with Gasteiger partial charge in [0.25, 0.3) is 5.91 Å². The number of morpholine rings is 1. The fourth-order valence-corrected chi connectivity index (χ4v) is 3.72. The summed E-state index contributed by atoms with van der Waals surface area (Å²) < 4.78 is 10.6. The highest BCUT2D eigenvalue weighted by Gasteiger charge is 2.27. The van der Waals surface area contributed by atoms with Crippen LogP contribution < -0.4 is 10.2 Å². The van der Waals surface area contributed by atoms with Crippen LogP contribution in [0.5, 0.6) is 0 Å². The maximum atomic E-state index is 12.8. The number of urea groups is 1. The highest BCUT2D eigenvalue weighted by molar-refractivity contribution is 6.31. The molecule has 2 fully saturated rings.